The van der Waals surface area contributed by atoms with Crippen LogP contribution in [0.3, 0.4) is 0 Å². The fraction of sp³-hybridized carbons (Fsp3) is 0.0952. The van der Waals surface area contributed by atoms with Crippen LogP contribution in [-0.4, -0.2) is 14.9 Å². The number of thiophene rings is 1. The highest BCUT2D eigenvalue weighted by molar-refractivity contribution is 7.18. The van der Waals surface area contributed by atoms with E-state index < -0.39 is 4.92 Å². The van der Waals surface area contributed by atoms with Crippen molar-refractivity contribution in [2.45, 2.75) is 13.8 Å². The van der Waals surface area contributed by atoms with Crippen molar-refractivity contribution in [1.29, 1.82) is 5.26 Å². The molecular weight excluding hydrogens is 404 g/mol. The lowest BCUT2D eigenvalue weighted by Crippen LogP contribution is -2.10. The molecule has 1 N–H and O–H groups in total. The van der Waals surface area contributed by atoms with E-state index in [1.165, 1.54) is 23.5 Å². The van der Waals surface area contributed by atoms with E-state index in [1.54, 1.807) is 30.3 Å². The molecule has 0 aliphatic rings. The van der Waals surface area contributed by atoms with Gasteiger partial charge in [0.25, 0.3) is 11.2 Å². The SMILES string of the molecule is Cc1sc2nc(/C(C#N)=C/c3ccc(-c4ccccc4[N+](=O)[O-])o3)[nH]c(=O)c2c1C. The van der Waals surface area contributed by atoms with E-state index >= 15 is 0 Å². The Morgan fingerprint density at radius 2 is 2.07 bits per heavy atom. The Hall–Kier alpha value is -4.03. The first kappa shape index (κ1) is 19.3. The Morgan fingerprint density at radius 3 is 2.80 bits per heavy atom. The van der Waals surface area contributed by atoms with Crippen LogP contribution in [0.15, 0.2) is 45.6 Å². The maximum absolute atomic E-state index is 12.5. The maximum atomic E-state index is 12.5. The molecule has 0 atom stereocenters. The molecule has 1 aromatic carbocycles. The van der Waals surface area contributed by atoms with Crippen LogP contribution in [0, 0.1) is 35.3 Å². The molecule has 0 aliphatic carbocycles. The van der Waals surface area contributed by atoms with Crippen molar-refractivity contribution in [3.63, 3.8) is 0 Å². The van der Waals surface area contributed by atoms with Crippen LogP contribution >= 0.6 is 11.3 Å². The zero-order valence-electron chi connectivity index (χ0n) is 15.9. The zero-order valence-corrected chi connectivity index (χ0v) is 16.7. The smallest absolute Gasteiger partial charge is 0.280 e. The first-order chi connectivity index (χ1) is 14.4. The quantitative estimate of drug-likeness (QED) is 0.287. The summed E-state index contributed by atoms with van der Waals surface area (Å²) in [6.07, 6.45) is 1.44. The predicted molar refractivity (Wildman–Crippen MR) is 114 cm³/mol. The van der Waals surface area contributed by atoms with Gasteiger partial charge in [0.2, 0.25) is 0 Å². The van der Waals surface area contributed by atoms with E-state index in [4.69, 9.17) is 4.42 Å². The Balaban J connectivity index is 1.77. The van der Waals surface area contributed by atoms with Crippen molar-refractivity contribution in [3.8, 4) is 17.4 Å². The summed E-state index contributed by atoms with van der Waals surface area (Å²) >= 11 is 1.39. The lowest BCUT2D eigenvalue weighted by atomic mass is 10.1. The fourth-order valence-electron chi connectivity index (χ4n) is 3.09. The fourth-order valence-corrected chi connectivity index (χ4v) is 4.12. The third kappa shape index (κ3) is 3.29. The van der Waals surface area contributed by atoms with Gasteiger partial charge in [-0.1, -0.05) is 12.1 Å². The number of fused-ring (bicyclic) bond motifs is 1. The minimum Gasteiger partial charge on any atom is -0.456 e. The van der Waals surface area contributed by atoms with Crippen molar-refractivity contribution < 1.29 is 9.34 Å². The first-order valence-corrected chi connectivity index (χ1v) is 9.66. The summed E-state index contributed by atoms with van der Waals surface area (Å²) in [6.45, 7) is 3.77. The number of nitro groups is 1. The Morgan fingerprint density at radius 1 is 1.30 bits per heavy atom. The van der Waals surface area contributed by atoms with E-state index in [1.807, 2.05) is 19.9 Å². The molecule has 30 heavy (non-hydrogen) atoms. The van der Waals surface area contributed by atoms with Crippen molar-refractivity contribution in [2.75, 3.05) is 0 Å². The molecule has 0 aliphatic heterocycles. The molecule has 0 bridgehead atoms. The molecule has 3 heterocycles. The third-order valence-electron chi connectivity index (χ3n) is 4.69. The van der Waals surface area contributed by atoms with Gasteiger partial charge in [0.15, 0.2) is 5.82 Å². The normalized spacial score (nSPS) is 11.6. The summed E-state index contributed by atoms with van der Waals surface area (Å²) in [4.78, 5) is 31.9. The topological polar surface area (TPSA) is 126 Å². The largest absolute Gasteiger partial charge is 0.456 e. The highest BCUT2D eigenvalue weighted by Crippen LogP contribution is 2.32. The molecule has 0 amide bonds. The zero-order chi connectivity index (χ0) is 21.4. The number of nitrogens with one attached hydrogen (secondary N) is 1. The number of nitriles is 1. The van der Waals surface area contributed by atoms with Gasteiger partial charge < -0.3 is 9.40 Å². The van der Waals surface area contributed by atoms with Gasteiger partial charge in [-0.3, -0.25) is 14.9 Å². The highest BCUT2D eigenvalue weighted by Gasteiger charge is 2.18. The van der Waals surface area contributed by atoms with Gasteiger partial charge in [-0.05, 0) is 37.6 Å². The molecule has 0 saturated carbocycles. The van der Waals surface area contributed by atoms with E-state index in [0.29, 0.717) is 27.3 Å². The number of furan rings is 1. The second kappa shape index (κ2) is 7.42. The number of aryl methyl sites for hydroxylation is 2. The average Bonchev–Trinajstić information content (AvgIpc) is 3.30. The summed E-state index contributed by atoms with van der Waals surface area (Å²) in [5.41, 5.74) is 0.929. The predicted octanol–water partition coefficient (Wildman–Crippen LogP) is 4.83. The Kier molecular flexibility index (Phi) is 4.77. The van der Waals surface area contributed by atoms with Gasteiger partial charge in [0.1, 0.15) is 22.4 Å². The minimum atomic E-state index is -0.483. The third-order valence-corrected chi connectivity index (χ3v) is 5.80. The number of aromatic amines is 1. The molecule has 8 nitrogen and oxygen atoms in total. The number of rotatable bonds is 4. The second-order valence-electron chi connectivity index (χ2n) is 6.52. The Labute approximate surface area is 173 Å². The van der Waals surface area contributed by atoms with Crippen molar-refractivity contribution in [1.82, 2.24) is 9.97 Å². The molecule has 148 valence electrons. The van der Waals surface area contributed by atoms with Crippen LogP contribution in [-0.2, 0) is 0 Å². The van der Waals surface area contributed by atoms with Crippen molar-refractivity contribution in [2.24, 2.45) is 0 Å². The number of allylic oxidation sites excluding steroid dienone is 1. The van der Waals surface area contributed by atoms with Gasteiger partial charge in [-0.25, -0.2) is 4.98 Å². The lowest BCUT2D eigenvalue weighted by molar-refractivity contribution is -0.384. The van der Waals surface area contributed by atoms with Crippen molar-refractivity contribution in [3.05, 3.63) is 78.9 Å². The van der Waals surface area contributed by atoms with Crippen LogP contribution in [0.5, 0.6) is 0 Å². The minimum absolute atomic E-state index is 0.0808. The number of hydrogen-bond donors (Lipinski definition) is 1. The number of nitrogens with zero attached hydrogens (tertiary/aromatic N) is 3. The first-order valence-electron chi connectivity index (χ1n) is 8.85. The van der Waals surface area contributed by atoms with Crippen LogP contribution < -0.4 is 5.56 Å². The highest BCUT2D eigenvalue weighted by atomic mass is 32.1. The van der Waals surface area contributed by atoms with Crippen LogP contribution in [0.1, 0.15) is 22.0 Å². The van der Waals surface area contributed by atoms with E-state index in [0.717, 1.165) is 10.4 Å². The van der Waals surface area contributed by atoms with Gasteiger partial charge >= 0.3 is 0 Å². The van der Waals surface area contributed by atoms with E-state index in [2.05, 4.69) is 9.97 Å². The molecule has 0 spiro atoms. The summed E-state index contributed by atoms with van der Waals surface area (Å²) in [5, 5.41) is 21.4. The second-order valence-corrected chi connectivity index (χ2v) is 7.73. The van der Waals surface area contributed by atoms with Crippen LogP contribution in [0.2, 0.25) is 0 Å². The molecule has 3 aromatic heterocycles. The number of aromatic nitrogens is 2. The molecule has 0 unspecified atom stereocenters. The Bertz CT molecular complexity index is 1440. The number of H-pyrrole nitrogens is 1. The molecule has 9 heteroatoms. The number of para-hydroxylation sites is 1. The standard InChI is InChI=1S/C21H14N4O4S/c1-11-12(2)30-21-18(11)20(26)23-19(24-21)13(10-22)9-14-7-8-17(29-14)15-5-3-4-6-16(15)25(27)28/h3-9H,1-2H3,(H,23,24,26)/b13-9+. The average molecular weight is 418 g/mol. The summed E-state index contributed by atoms with van der Waals surface area (Å²) in [6, 6.07) is 11.4. The number of benzene rings is 1. The summed E-state index contributed by atoms with van der Waals surface area (Å²) < 4.78 is 5.71. The van der Waals surface area contributed by atoms with Gasteiger partial charge in [-0.15, -0.1) is 11.3 Å². The van der Waals surface area contributed by atoms with E-state index in [-0.39, 0.29) is 22.6 Å². The molecule has 4 rings (SSSR count). The monoisotopic (exact) mass is 418 g/mol. The van der Waals surface area contributed by atoms with Crippen LogP contribution in [0.25, 0.3) is 33.2 Å². The van der Waals surface area contributed by atoms with Gasteiger partial charge in [0, 0.05) is 17.0 Å². The summed E-state index contributed by atoms with van der Waals surface area (Å²) in [5.74, 6) is 0.744. The number of hydrogen-bond acceptors (Lipinski definition) is 7. The molecule has 4 aromatic rings. The van der Waals surface area contributed by atoms with E-state index in [9.17, 15) is 20.2 Å². The number of nitro benzene ring substituents is 1. The maximum Gasteiger partial charge on any atom is 0.280 e. The van der Waals surface area contributed by atoms with Crippen molar-refractivity contribution >= 4 is 38.9 Å². The summed E-state index contributed by atoms with van der Waals surface area (Å²) in [7, 11) is 0. The molecule has 0 radical (unpaired) electrons. The molecule has 0 fully saturated rings. The van der Waals surface area contributed by atoms with Gasteiger partial charge in [0.05, 0.1) is 21.4 Å². The molecular formula is C21H14N4O4S. The molecule has 0 saturated heterocycles. The van der Waals surface area contributed by atoms with Crippen LogP contribution in [0.4, 0.5) is 5.69 Å². The lowest BCUT2D eigenvalue weighted by Gasteiger charge is -2.00. The van der Waals surface area contributed by atoms with Gasteiger partial charge in [-0.2, -0.15) is 5.26 Å².